The molecular formula is C70H64N4O4-2. The number of aromatic nitrogens is 4. The van der Waals surface area contributed by atoms with E-state index in [1.54, 1.807) is 24.3 Å². The zero-order valence-corrected chi connectivity index (χ0v) is 46.5. The highest BCUT2D eigenvalue weighted by atomic mass is 16.4. The first-order valence-corrected chi connectivity index (χ1v) is 26.8. The molecule has 0 radical (unpaired) electrons. The standard InChI is InChI=1S/C70H66N4O4/c1-67(2,3)43-33-41(34-44(37-43)68(4,5)6)61-51-25-26-52(71-51)62(42-35-45(69(7,8)9)38-46(36-42)70(10,11)12)54-28-30-56(73-54)64(48-22-14-18-40-20-16-24-50(60(40)48)66(77)78)58-32-31-57(74-58)63(55-29-27-53(61)72-55)47-21-13-17-39-19-15-23-49(59(39)47)65(75)76/h13-38,72-73H,1-12H3,(H,75,76)(H,77,78)/p-2. The molecule has 0 unspecified atom stereocenters. The summed E-state index contributed by atoms with van der Waals surface area (Å²) in [4.78, 5) is 45.2. The minimum absolute atomic E-state index is 0.0576. The van der Waals surface area contributed by atoms with Gasteiger partial charge in [-0.2, -0.15) is 0 Å². The van der Waals surface area contributed by atoms with Gasteiger partial charge in [0.05, 0.1) is 34.7 Å². The molecule has 0 aliphatic carbocycles. The van der Waals surface area contributed by atoms with Gasteiger partial charge in [-0.1, -0.05) is 192 Å². The topological polar surface area (TPSA) is 138 Å². The number of hydrogen-bond donors (Lipinski definition) is 2. The molecule has 5 heterocycles. The van der Waals surface area contributed by atoms with Crippen molar-refractivity contribution in [2.24, 2.45) is 0 Å². The fraction of sp³-hybridized carbons (Fsp3) is 0.229. The minimum atomic E-state index is -1.29. The van der Waals surface area contributed by atoms with Crippen molar-refractivity contribution in [3.8, 4) is 44.5 Å². The molecule has 0 spiro atoms. The highest BCUT2D eigenvalue weighted by Crippen LogP contribution is 2.44. The van der Waals surface area contributed by atoms with E-state index in [-0.39, 0.29) is 32.8 Å². The lowest BCUT2D eigenvalue weighted by molar-refractivity contribution is -0.255. The van der Waals surface area contributed by atoms with Gasteiger partial charge in [-0.25, -0.2) is 9.97 Å². The fourth-order valence-corrected chi connectivity index (χ4v) is 11.1. The van der Waals surface area contributed by atoms with Crippen LogP contribution in [0.1, 0.15) is 149 Å². The second-order valence-electron chi connectivity index (χ2n) is 25.1. The number of carboxylic acids is 2. The van der Waals surface area contributed by atoms with E-state index < -0.39 is 11.9 Å². The minimum Gasteiger partial charge on any atom is -0.545 e. The maximum absolute atomic E-state index is 13.1. The van der Waals surface area contributed by atoms with E-state index in [4.69, 9.17) is 9.97 Å². The van der Waals surface area contributed by atoms with E-state index in [1.165, 1.54) is 22.3 Å². The summed E-state index contributed by atoms with van der Waals surface area (Å²) in [5, 5.41) is 28.6. The molecule has 6 aromatic carbocycles. The van der Waals surface area contributed by atoms with Gasteiger partial charge >= 0.3 is 0 Å². The third kappa shape index (κ3) is 9.23. The van der Waals surface area contributed by atoms with E-state index in [1.807, 2.05) is 72.8 Å². The molecule has 8 bridgehead atoms. The summed E-state index contributed by atoms with van der Waals surface area (Å²) in [5.74, 6) is -2.58. The molecule has 2 aliphatic rings. The Morgan fingerprint density at radius 3 is 0.949 bits per heavy atom. The van der Waals surface area contributed by atoms with Gasteiger partial charge in [0.25, 0.3) is 0 Å². The van der Waals surface area contributed by atoms with Gasteiger partial charge in [-0.05, 0) is 136 Å². The SMILES string of the molecule is CC(C)(C)c1cc(-c2c3nc(c(-c4cc(C(C)(C)C)cc(C(C)(C)C)c4)c4ccc([nH]4)c(-c4cccc5cccc(C(=O)[O-])c45)c4nc(c(-c5cccc6cccc(C(=O)[O-])c56)c5ccc2[nH]5)C=C4)C=C3)cc(C(C)(C)C)c1. The molecule has 2 aliphatic heterocycles. The van der Waals surface area contributed by atoms with E-state index in [0.717, 1.165) is 55.4 Å². The number of aromatic amines is 2. The number of carbonyl (C=O) groups excluding carboxylic acids is 2. The predicted molar refractivity (Wildman–Crippen MR) is 319 cm³/mol. The van der Waals surface area contributed by atoms with Crippen LogP contribution in [0.3, 0.4) is 0 Å². The van der Waals surface area contributed by atoms with Crippen LogP contribution >= 0.6 is 0 Å². The molecule has 0 amide bonds. The Morgan fingerprint density at radius 1 is 0.372 bits per heavy atom. The summed E-state index contributed by atoms with van der Waals surface area (Å²) in [6.07, 6.45) is 8.15. The van der Waals surface area contributed by atoms with Gasteiger partial charge in [0.15, 0.2) is 0 Å². The normalized spacial score (nSPS) is 13.0. The van der Waals surface area contributed by atoms with E-state index in [9.17, 15) is 19.8 Å². The summed E-state index contributed by atoms with van der Waals surface area (Å²) in [6.45, 7) is 27.0. The second-order valence-corrected chi connectivity index (χ2v) is 25.1. The number of benzene rings is 6. The molecule has 2 N–H and O–H groups in total. The lowest BCUT2D eigenvalue weighted by Gasteiger charge is -2.26. The Hall–Kier alpha value is -8.62. The molecular weight excluding hydrogens is 961 g/mol. The summed E-state index contributed by atoms with van der Waals surface area (Å²) >= 11 is 0. The van der Waals surface area contributed by atoms with Crippen molar-refractivity contribution in [1.82, 2.24) is 19.9 Å². The Balaban J connectivity index is 1.39. The molecule has 78 heavy (non-hydrogen) atoms. The molecule has 0 atom stereocenters. The van der Waals surface area contributed by atoms with Gasteiger partial charge in [0.1, 0.15) is 0 Å². The number of nitrogens with one attached hydrogen (secondary N) is 2. The van der Waals surface area contributed by atoms with Crippen LogP contribution in [0.4, 0.5) is 0 Å². The van der Waals surface area contributed by atoms with Crippen molar-refractivity contribution in [3.05, 3.63) is 190 Å². The van der Waals surface area contributed by atoms with Gasteiger partial charge in [0, 0.05) is 55.4 Å². The molecule has 0 fully saturated rings. The summed E-state index contributed by atoms with van der Waals surface area (Å²) in [6, 6.07) is 44.1. The first-order chi connectivity index (χ1) is 36.8. The molecule has 0 saturated heterocycles. The monoisotopic (exact) mass is 1020 g/mol. The van der Waals surface area contributed by atoms with E-state index >= 15 is 0 Å². The number of nitrogens with zero attached hydrogens (tertiary/aromatic N) is 2. The molecule has 9 aromatic rings. The molecule has 3 aromatic heterocycles. The number of carboxylic acid groups (broad SMARTS) is 2. The van der Waals surface area contributed by atoms with Crippen molar-refractivity contribution in [2.75, 3.05) is 0 Å². The first kappa shape index (κ1) is 51.5. The highest BCUT2D eigenvalue weighted by Gasteiger charge is 2.27. The average molecular weight is 1030 g/mol. The van der Waals surface area contributed by atoms with Crippen LogP contribution in [0.25, 0.3) is 112 Å². The Kier molecular flexibility index (Phi) is 12.2. The van der Waals surface area contributed by atoms with Crippen LogP contribution in [0.15, 0.2) is 133 Å². The molecule has 8 nitrogen and oxygen atoms in total. The van der Waals surface area contributed by atoms with Crippen LogP contribution < -0.4 is 10.2 Å². The number of carbonyl (C=O) groups is 2. The highest BCUT2D eigenvalue weighted by molar-refractivity contribution is 6.14. The smallest absolute Gasteiger partial charge is 0.0737 e. The molecule has 8 heteroatoms. The van der Waals surface area contributed by atoms with Crippen molar-refractivity contribution in [3.63, 3.8) is 0 Å². The summed E-state index contributed by atoms with van der Waals surface area (Å²) < 4.78 is 0. The van der Waals surface area contributed by atoms with Crippen molar-refractivity contribution >= 4 is 79.9 Å². The largest absolute Gasteiger partial charge is 0.545 e. The Bertz CT molecular complexity index is 3910. The van der Waals surface area contributed by atoms with Gasteiger partial charge in [-0.3, -0.25) is 0 Å². The zero-order valence-electron chi connectivity index (χ0n) is 46.5. The number of fused-ring (bicyclic) bond motifs is 10. The summed E-state index contributed by atoms with van der Waals surface area (Å²) in [7, 11) is 0. The maximum Gasteiger partial charge on any atom is 0.0737 e. The Morgan fingerprint density at radius 2 is 0.654 bits per heavy atom. The number of aromatic carboxylic acids is 2. The third-order valence-corrected chi connectivity index (χ3v) is 15.4. The van der Waals surface area contributed by atoms with Crippen LogP contribution in [0.5, 0.6) is 0 Å². The van der Waals surface area contributed by atoms with Gasteiger partial charge in [-0.15, -0.1) is 0 Å². The first-order valence-electron chi connectivity index (χ1n) is 26.8. The molecule has 0 saturated carbocycles. The second kappa shape index (κ2) is 18.5. The molecule has 390 valence electrons. The van der Waals surface area contributed by atoms with Crippen molar-refractivity contribution in [1.29, 1.82) is 0 Å². The quantitative estimate of drug-likeness (QED) is 0.170. The lowest BCUT2D eigenvalue weighted by Crippen LogP contribution is -2.22. The van der Waals surface area contributed by atoms with Crippen LogP contribution in [-0.2, 0) is 21.7 Å². The van der Waals surface area contributed by atoms with E-state index in [2.05, 4.69) is 154 Å². The third-order valence-electron chi connectivity index (χ3n) is 15.4. The van der Waals surface area contributed by atoms with Crippen LogP contribution in [0.2, 0.25) is 0 Å². The van der Waals surface area contributed by atoms with Crippen LogP contribution in [-0.4, -0.2) is 31.9 Å². The predicted octanol–water partition coefficient (Wildman–Crippen LogP) is 15.5. The van der Waals surface area contributed by atoms with Crippen molar-refractivity contribution in [2.45, 2.75) is 105 Å². The number of hydrogen-bond acceptors (Lipinski definition) is 6. The van der Waals surface area contributed by atoms with Crippen molar-refractivity contribution < 1.29 is 19.8 Å². The number of rotatable bonds is 6. The average Bonchev–Trinajstić information content (AvgIpc) is 4.28. The fourth-order valence-electron chi connectivity index (χ4n) is 11.1. The van der Waals surface area contributed by atoms with Crippen LogP contribution in [0, 0.1) is 0 Å². The summed E-state index contributed by atoms with van der Waals surface area (Å²) in [5.41, 5.74) is 16.3. The van der Waals surface area contributed by atoms with E-state index in [0.29, 0.717) is 55.4 Å². The Labute approximate surface area is 456 Å². The van der Waals surface area contributed by atoms with Gasteiger partial charge < -0.3 is 29.8 Å². The zero-order chi connectivity index (χ0) is 55.4. The van der Waals surface area contributed by atoms with Gasteiger partial charge in [0.2, 0.25) is 0 Å². The number of H-pyrrole nitrogens is 2. The lowest BCUT2D eigenvalue weighted by atomic mass is 9.78. The molecule has 11 rings (SSSR count). The maximum atomic E-state index is 13.1.